The molecule has 0 amide bonds. The summed E-state index contributed by atoms with van der Waals surface area (Å²) in [4.78, 5) is 14.4. The van der Waals surface area contributed by atoms with Crippen molar-refractivity contribution in [2.24, 2.45) is 0 Å². The third-order valence-corrected chi connectivity index (χ3v) is 7.48. The molecular weight excluding hydrogens is 454 g/mol. The molecule has 2 aromatic carbocycles. The van der Waals surface area contributed by atoms with Crippen molar-refractivity contribution in [1.29, 1.82) is 0 Å². The largest absolute Gasteiger partial charge is 0.461 e. The molecule has 2 rings (SSSR count). The van der Waals surface area contributed by atoms with E-state index in [1.165, 1.54) is 88.2 Å². The summed E-state index contributed by atoms with van der Waals surface area (Å²) >= 11 is 0. The first-order valence-electron chi connectivity index (χ1n) is 15.1. The van der Waals surface area contributed by atoms with Gasteiger partial charge in [0.15, 0.2) is 0 Å². The zero-order chi connectivity index (χ0) is 26.6. The molecule has 0 N–H and O–H groups in total. The van der Waals surface area contributed by atoms with E-state index in [0.29, 0.717) is 0 Å². The molecule has 37 heavy (non-hydrogen) atoms. The molecule has 0 aliphatic rings. The van der Waals surface area contributed by atoms with Crippen molar-refractivity contribution in [2.75, 3.05) is 0 Å². The van der Waals surface area contributed by atoms with E-state index in [-0.39, 0.29) is 18.1 Å². The first-order chi connectivity index (χ1) is 18.1. The van der Waals surface area contributed by atoms with Gasteiger partial charge in [0.1, 0.15) is 6.10 Å². The number of hydrogen-bond acceptors (Lipinski definition) is 3. The molecule has 0 spiro atoms. The fourth-order valence-corrected chi connectivity index (χ4v) is 5.19. The second-order valence-corrected chi connectivity index (χ2v) is 10.8. The number of benzene rings is 2. The van der Waals surface area contributed by atoms with Crippen LogP contribution in [0.2, 0.25) is 0 Å². The lowest BCUT2D eigenvalue weighted by Gasteiger charge is -2.34. The first kappa shape index (κ1) is 31.1. The van der Waals surface area contributed by atoms with Crippen LogP contribution < -0.4 is 0 Å². The summed E-state index contributed by atoms with van der Waals surface area (Å²) < 4.78 is 5.89. The van der Waals surface area contributed by atoms with Gasteiger partial charge in [-0.25, -0.2) is 0 Å². The standard InChI is InChI=1S/C34H53NO2/c1-4-5-6-7-8-9-10-11-12-13-14-15-22-27-34(37-31(3)36)30(2)35(28-32-23-18-16-19-24-32)29-33-25-20-17-21-26-33/h16-21,23-26,30,34H,4-15,22,27-29H2,1-3H3. The van der Waals surface area contributed by atoms with Crippen molar-refractivity contribution < 1.29 is 9.53 Å². The Bertz CT molecular complexity index is 766. The zero-order valence-electron chi connectivity index (χ0n) is 24.0. The Morgan fingerprint density at radius 3 is 1.49 bits per heavy atom. The van der Waals surface area contributed by atoms with Crippen LogP contribution in [0.3, 0.4) is 0 Å². The van der Waals surface area contributed by atoms with Gasteiger partial charge >= 0.3 is 5.97 Å². The molecule has 0 aromatic heterocycles. The molecule has 0 saturated carbocycles. The molecule has 0 saturated heterocycles. The Hall–Kier alpha value is -2.13. The predicted octanol–water partition coefficient (Wildman–Crippen LogP) is 9.49. The summed E-state index contributed by atoms with van der Waals surface area (Å²) in [5.74, 6) is -0.175. The molecule has 0 bridgehead atoms. The quantitative estimate of drug-likeness (QED) is 0.124. The van der Waals surface area contributed by atoms with Crippen LogP contribution in [0.25, 0.3) is 0 Å². The van der Waals surface area contributed by atoms with Gasteiger partial charge in [-0.15, -0.1) is 0 Å². The van der Waals surface area contributed by atoms with E-state index in [1.54, 1.807) is 6.92 Å². The van der Waals surface area contributed by atoms with Crippen LogP contribution in [-0.4, -0.2) is 23.0 Å². The van der Waals surface area contributed by atoms with Gasteiger partial charge in [-0.05, 0) is 30.9 Å². The summed E-state index contributed by atoms with van der Waals surface area (Å²) in [5.41, 5.74) is 2.57. The molecule has 0 fully saturated rings. The van der Waals surface area contributed by atoms with Gasteiger partial charge in [0.2, 0.25) is 0 Å². The fraction of sp³-hybridized carbons (Fsp3) is 0.618. The Morgan fingerprint density at radius 1 is 0.676 bits per heavy atom. The average molecular weight is 508 g/mol. The predicted molar refractivity (Wildman–Crippen MR) is 157 cm³/mol. The minimum absolute atomic E-state index is 0.0855. The van der Waals surface area contributed by atoms with Crippen LogP contribution >= 0.6 is 0 Å². The number of hydrogen-bond donors (Lipinski definition) is 0. The number of rotatable bonds is 21. The van der Waals surface area contributed by atoms with E-state index in [9.17, 15) is 4.79 Å². The highest BCUT2D eigenvalue weighted by Crippen LogP contribution is 2.21. The van der Waals surface area contributed by atoms with Crippen molar-refractivity contribution in [1.82, 2.24) is 4.90 Å². The summed E-state index contributed by atoms with van der Waals surface area (Å²) in [6.07, 6.45) is 18.3. The third kappa shape index (κ3) is 14.4. The van der Waals surface area contributed by atoms with Crippen LogP contribution in [0.4, 0.5) is 0 Å². The molecule has 0 heterocycles. The lowest BCUT2D eigenvalue weighted by atomic mass is 10.00. The molecule has 3 heteroatoms. The van der Waals surface area contributed by atoms with Crippen LogP contribution in [-0.2, 0) is 22.6 Å². The second kappa shape index (κ2) is 19.9. The van der Waals surface area contributed by atoms with Gasteiger partial charge in [0.05, 0.1) is 0 Å². The number of carbonyl (C=O) groups is 1. The molecule has 206 valence electrons. The number of unbranched alkanes of at least 4 members (excludes halogenated alkanes) is 12. The highest BCUT2D eigenvalue weighted by Gasteiger charge is 2.26. The molecule has 0 aliphatic carbocycles. The zero-order valence-corrected chi connectivity index (χ0v) is 24.0. The molecule has 2 unspecified atom stereocenters. The fourth-order valence-electron chi connectivity index (χ4n) is 5.19. The first-order valence-corrected chi connectivity index (χ1v) is 15.1. The number of nitrogens with zero attached hydrogens (tertiary/aromatic N) is 1. The molecule has 3 nitrogen and oxygen atoms in total. The Labute approximate surface area is 228 Å². The monoisotopic (exact) mass is 507 g/mol. The number of esters is 1. The van der Waals surface area contributed by atoms with Crippen molar-refractivity contribution in [3.8, 4) is 0 Å². The molecule has 0 radical (unpaired) electrons. The summed E-state index contributed by atoms with van der Waals surface area (Å²) in [5, 5.41) is 0. The van der Waals surface area contributed by atoms with Gasteiger partial charge in [0.25, 0.3) is 0 Å². The van der Waals surface area contributed by atoms with Crippen LogP contribution in [0.15, 0.2) is 60.7 Å². The van der Waals surface area contributed by atoms with E-state index in [1.807, 2.05) is 0 Å². The summed E-state index contributed by atoms with van der Waals surface area (Å²) in [6.45, 7) is 7.73. The molecule has 2 atom stereocenters. The van der Waals surface area contributed by atoms with E-state index < -0.39 is 0 Å². The van der Waals surface area contributed by atoms with Crippen LogP contribution in [0.1, 0.15) is 122 Å². The van der Waals surface area contributed by atoms with Gasteiger partial charge in [-0.3, -0.25) is 9.69 Å². The third-order valence-electron chi connectivity index (χ3n) is 7.48. The van der Waals surface area contributed by atoms with Crippen molar-refractivity contribution in [2.45, 2.75) is 136 Å². The van der Waals surface area contributed by atoms with E-state index in [4.69, 9.17) is 4.74 Å². The Morgan fingerprint density at radius 2 is 1.08 bits per heavy atom. The number of carbonyl (C=O) groups excluding carboxylic acids is 1. The van der Waals surface area contributed by atoms with Crippen molar-refractivity contribution >= 4 is 5.97 Å². The highest BCUT2D eigenvalue weighted by atomic mass is 16.5. The number of ether oxygens (including phenoxy) is 1. The minimum Gasteiger partial charge on any atom is -0.461 e. The van der Waals surface area contributed by atoms with E-state index in [2.05, 4.69) is 79.4 Å². The van der Waals surface area contributed by atoms with Crippen LogP contribution in [0, 0.1) is 0 Å². The second-order valence-electron chi connectivity index (χ2n) is 10.8. The topological polar surface area (TPSA) is 29.5 Å². The minimum atomic E-state index is -0.175. The maximum absolute atomic E-state index is 12.0. The highest BCUT2D eigenvalue weighted by molar-refractivity contribution is 5.66. The Kier molecular flexibility index (Phi) is 16.7. The lowest BCUT2D eigenvalue weighted by molar-refractivity contribution is -0.150. The van der Waals surface area contributed by atoms with E-state index >= 15 is 0 Å². The summed E-state index contributed by atoms with van der Waals surface area (Å²) in [6, 6.07) is 21.4. The maximum atomic E-state index is 12.0. The van der Waals surface area contributed by atoms with Gasteiger partial charge in [0, 0.05) is 26.1 Å². The normalized spacial score (nSPS) is 13.0. The Balaban J connectivity index is 1.78. The maximum Gasteiger partial charge on any atom is 0.302 e. The van der Waals surface area contributed by atoms with Gasteiger partial charge in [-0.2, -0.15) is 0 Å². The van der Waals surface area contributed by atoms with Gasteiger partial charge in [-0.1, -0.05) is 145 Å². The SMILES string of the molecule is CCCCCCCCCCCCCCCC(OC(C)=O)C(C)N(Cc1ccccc1)Cc1ccccc1. The lowest BCUT2D eigenvalue weighted by Crippen LogP contribution is -2.42. The van der Waals surface area contributed by atoms with E-state index in [0.717, 1.165) is 25.9 Å². The molecule has 0 aliphatic heterocycles. The van der Waals surface area contributed by atoms with Crippen LogP contribution in [0.5, 0.6) is 0 Å². The van der Waals surface area contributed by atoms with Gasteiger partial charge < -0.3 is 4.74 Å². The smallest absolute Gasteiger partial charge is 0.302 e. The van der Waals surface area contributed by atoms with Crippen molar-refractivity contribution in [3.63, 3.8) is 0 Å². The van der Waals surface area contributed by atoms with Crippen molar-refractivity contribution in [3.05, 3.63) is 71.8 Å². The summed E-state index contributed by atoms with van der Waals surface area (Å²) in [7, 11) is 0. The molecular formula is C34H53NO2. The average Bonchev–Trinajstić information content (AvgIpc) is 2.91. The molecule has 2 aromatic rings.